The van der Waals surface area contributed by atoms with Crippen LogP contribution in [0.3, 0.4) is 0 Å². The smallest absolute Gasteiger partial charge is 0.123 e. The molecule has 0 spiro atoms. The van der Waals surface area contributed by atoms with E-state index < -0.39 is 0 Å². The van der Waals surface area contributed by atoms with E-state index in [1.807, 2.05) is 5.38 Å². The summed E-state index contributed by atoms with van der Waals surface area (Å²) in [4.78, 5) is 7.16. The summed E-state index contributed by atoms with van der Waals surface area (Å²) in [7, 11) is 0. The highest BCUT2D eigenvalue weighted by atomic mass is 35.5. The fourth-order valence-corrected chi connectivity index (χ4v) is 3.90. The Labute approximate surface area is 135 Å². The van der Waals surface area contributed by atoms with E-state index in [0.717, 1.165) is 17.2 Å². The lowest BCUT2D eigenvalue weighted by Gasteiger charge is -2.19. The molecule has 1 aliphatic heterocycles. The van der Waals surface area contributed by atoms with Gasteiger partial charge in [-0.3, -0.25) is 4.90 Å². The molecule has 0 bridgehead atoms. The molecule has 0 unspecified atom stereocenters. The Morgan fingerprint density at radius 1 is 1.14 bits per heavy atom. The van der Waals surface area contributed by atoms with Crippen molar-refractivity contribution in [2.24, 2.45) is 0 Å². The van der Waals surface area contributed by atoms with E-state index in [1.165, 1.54) is 49.9 Å². The third-order valence-corrected chi connectivity index (χ3v) is 5.18. The minimum atomic E-state index is 0.490. The van der Waals surface area contributed by atoms with Crippen LogP contribution in [0.5, 0.6) is 0 Å². The number of nitrogens with zero attached hydrogens (tertiary/aromatic N) is 2. The molecule has 1 aromatic carbocycles. The Hall–Kier alpha value is -0.900. The molecule has 4 heteroatoms. The summed E-state index contributed by atoms with van der Waals surface area (Å²) < 4.78 is 0. The number of alkyl halides is 1. The molecule has 1 aromatic heterocycles. The number of halogens is 1. The van der Waals surface area contributed by atoms with Gasteiger partial charge in [-0.05, 0) is 37.6 Å². The van der Waals surface area contributed by atoms with Gasteiger partial charge in [-0.25, -0.2) is 4.98 Å². The number of aromatic nitrogens is 1. The second-order valence-corrected chi connectivity index (χ2v) is 6.79. The average Bonchev–Trinajstić information content (AvgIpc) is 2.86. The van der Waals surface area contributed by atoms with Crippen molar-refractivity contribution in [2.75, 3.05) is 13.1 Å². The first-order valence-corrected chi connectivity index (χ1v) is 9.08. The molecule has 2 aromatic rings. The molecule has 3 rings (SSSR count). The monoisotopic (exact) mass is 320 g/mol. The van der Waals surface area contributed by atoms with Crippen molar-refractivity contribution in [3.05, 3.63) is 40.9 Å². The number of hydrogen-bond acceptors (Lipinski definition) is 3. The van der Waals surface area contributed by atoms with Gasteiger partial charge in [0.2, 0.25) is 0 Å². The van der Waals surface area contributed by atoms with Gasteiger partial charge in [0.15, 0.2) is 0 Å². The molecule has 2 heterocycles. The number of hydrogen-bond donors (Lipinski definition) is 0. The Balaban J connectivity index is 1.73. The van der Waals surface area contributed by atoms with Gasteiger partial charge in [-0.2, -0.15) is 0 Å². The lowest BCUT2D eigenvalue weighted by Crippen LogP contribution is -2.23. The third-order valence-electron chi connectivity index (χ3n) is 3.97. The van der Waals surface area contributed by atoms with Crippen LogP contribution in [0.1, 0.15) is 36.9 Å². The Bertz CT molecular complexity index is 574. The van der Waals surface area contributed by atoms with Crippen molar-refractivity contribution in [2.45, 2.75) is 38.1 Å². The maximum Gasteiger partial charge on any atom is 0.123 e. The van der Waals surface area contributed by atoms with Crippen molar-refractivity contribution in [3.63, 3.8) is 0 Å². The summed E-state index contributed by atoms with van der Waals surface area (Å²) in [5.74, 6) is 0.490. The van der Waals surface area contributed by atoms with E-state index in [-0.39, 0.29) is 0 Å². The molecule has 1 saturated heterocycles. The summed E-state index contributed by atoms with van der Waals surface area (Å²) >= 11 is 7.52. The molecule has 2 nitrogen and oxygen atoms in total. The van der Waals surface area contributed by atoms with E-state index in [1.54, 1.807) is 11.3 Å². The second kappa shape index (κ2) is 7.39. The van der Waals surface area contributed by atoms with Crippen molar-refractivity contribution in [1.29, 1.82) is 0 Å². The number of benzene rings is 1. The summed E-state index contributed by atoms with van der Waals surface area (Å²) in [6.45, 7) is 3.53. The van der Waals surface area contributed by atoms with Gasteiger partial charge in [0.1, 0.15) is 5.01 Å². The number of rotatable bonds is 4. The normalized spacial score (nSPS) is 16.8. The van der Waals surface area contributed by atoms with Crippen molar-refractivity contribution >= 4 is 22.9 Å². The Kier molecular flexibility index (Phi) is 5.28. The summed E-state index contributed by atoms with van der Waals surface area (Å²) in [5.41, 5.74) is 3.57. The fraction of sp³-hybridized carbons (Fsp3) is 0.471. The number of likely N-dealkylation sites (tertiary alicyclic amines) is 1. The first kappa shape index (κ1) is 15.0. The zero-order valence-electron chi connectivity index (χ0n) is 12.2. The predicted octanol–water partition coefficient (Wildman–Crippen LogP) is 4.92. The first-order chi connectivity index (χ1) is 10.3. The van der Waals surface area contributed by atoms with E-state index in [4.69, 9.17) is 11.6 Å². The minimum Gasteiger partial charge on any atom is -0.299 e. The van der Waals surface area contributed by atoms with Crippen LogP contribution in [0, 0.1) is 0 Å². The molecule has 112 valence electrons. The van der Waals surface area contributed by atoms with Gasteiger partial charge in [-0.1, -0.05) is 31.0 Å². The molecule has 0 N–H and O–H groups in total. The molecular weight excluding hydrogens is 300 g/mol. The SMILES string of the molecule is ClCc1csc(-c2cccc(CN3CCCCCC3)c2)n1. The maximum absolute atomic E-state index is 5.84. The highest BCUT2D eigenvalue weighted by Gasteiger charge is 2.10. The summed E-state index contributed by atoms with van der Waals surface area (Å²) in [6, 6.07) is 8.79. The van der Waals surface area contributed by atoms with Crippen LogP contribution >= 0.6 is 22.9 Å². The topological polar surface area (TPSA) is 16.1 Å². The summed E-state index contributed by atoms with van der Waals surface area (Å²) in [5, 5.41) is 3.12. The zero-order valence-corrected chi connectivity index (χ0v) is 13.8. The quantitative estimate of drug-likeness (QED) is 0.743. The molecule has 0 radical (unpaired) electrons. The second-order valence-electron chi connectivity index (χ2n) is 5.67. The van der Waals surface area contributed by atoms with Gasteiger partial charge < -0.3 is 0 Å². The van der Waals surface area contributed by atoms with Crippen molar-refractivity contribution < 1.29 is 0 Å². The van der Waals surface area contributed by atoms with E-state index in [2.05, 4.69) is 34.1 Å². The van der Waals surface area contributed by atoms with Crippen LogP contribution in [0.2, 0.25) is 0 Å². The first-order valence-electron chi connectivity index (χ1n) is 7.67. The molecule has 1 fully saturated rings. The maximum atomic E-state index is 5.84. The van der Waals surface area contributed by atoms with Crippen molar-refractivity contribution in [3.8, 4) is 10.6 Å². The van der Waals surface area contributed by atoms with Gasteiger partial charge in [-0.15, -0.1) is 22.9 Å². The minimum absolute atomic E-state index is 0.490. The zero-order chi connectivity index (χ0) is 14.5. The van der Waals surface area contributed by atoms with Gasteiger partial charge in [0.25, 0.3) is 0 Å². The van der Waals surface area contributed by atoms with E-state index in [9.17, 15) is 0 Å². The third kappa shape index (κ3) is 4.06. The van der Waals surface area contributed by atoms with E-state index in [0.29, 0.717) is 5.88 Å². The largest absolute Gasteiger partial charge is 0.299 e. The molecule has 0 aliphatic carbocycles. The highest BCUT2D eigenvalue weighted by molar-refractivity contribution is 7.13. The van der Waals surface area contributed by atoms with E-state index >= 15 is 0 Å². The van der Waals surface area contributed by atoms with Gasteiger partial charge in [0.05, 0.1) is 11.6 Å². The molecule has 1 aliphatic rings. The summed E-state index contributed by atoms with van der Waals surface area (Å²) in [6.07, 6.45) is 5.45. The van der Waals surface area contributed by atoms with Gasteiger partial charge >= 0.3 is 0 Å². The van der Waals surface area contributed by atoms with Crippen molar-refractivity contribution in [1.82, 2.24) is 9.88 Å². The van der Waals surface area contributed by atoms with Crippen LogP contribution in [0.25, 0.3) is 10.6 Å². The molecule has 0 saturated carbocycles. The lowest BCUT2D eigenvalue weighted by atomic mass is 10.1. The predicted molar refractivity (Wildman–Crippen MR) is 90.9 cm³/mol. The van der Waals surface area contributed by atoms with Crippen LogP contribution in [-0.2, 0) is 12.4 Å². The van der Waals surface area contributed by atoms with Crippen LogP contribution in [0.4, 0.5) is 0 Å². The van der Waals surface area contributed by atoms with Gasteiger partial charge in [0, 0.05) is 17.5 Å². The highest BCUT2D eigenvalue weighted by Crippen LogP contribution is 2.25. The Morgan fingerprint density at radius 2 is 1.95 bits per heavy atom. The Morgan fingerprint density at radius 3 is 2.67 bits per heavy atom. The molecule has 0 amide bonds. The number of thiazole rings is 1. The van der Waals surface area contributed by atoms with Crippen LogP contribution in [0.15, 0.2) is 29.6 Å². The fourth-order valence-electron chi connectivity index (χ4n) is 2.86. The molecule has 21 heavy (non-hydrogen) atoms. The lowest BCUT2D eigenvalue weighted by molar-refractivity contribution is 0.277. The average molecular weight is 321 g/mol. The standard InChI is InChI=1S/C17H21ClN2S/c18-11-16-13-21-17(19-16)15-7-5-6-14(10-15)12-20-8-3-1-2-4-9-20/h5-7,10,13H,1-4,8-9,11-12H2. The van der Waals surface area contributed by atoms with Crippen LogP contribution < -0.4 is 0 Å². The molecular formula is C17H21ClN2S. The van der Waals surface area contributed by atoms with Crippen LogP contribution in [-0.4, -0.2) is 23.0 Å². The molecule has 0 atom stereocenters.